The van der Waals surface area contributed by atoms with Crippen LogP contribution in [0.4, 0.5) is 0 Å². The Bertz CT molecular complexity index is 1120. The minimum atomic E-state index is -0.0233. The maximum absolute atomic E-state index is 10.3. The second-order valence-corrected chi connectivity index (χ2v) is 8.72. The summed E-state index contributed by atoms with van der Waals surface area (Å²) in [6, 6.07) is 15.6. The molecule has 0 saturated heterocycles. The van der Waals surface area contributed by atoms with E-state index in [4.69, 9.17) is 18.9 Å². The smallest absolute Gasteiger partial charge is 0.203 e. The van der Waals surface area contributed by atoms with Crippen molar-refractivity contribution in [2.24, 2.45) is 0 Å². The van der Waals surface area contributed by atoms with E-state index >= 15 is 0 Å². The van der Waals surface area contributed by atoms with Crippen LogP contribution in [0.5, 0.6) is 28.7 Å². The number of ether oxygens (including phenoxy) is 4. The Balaban J connectivity index is 1.68. The molecule has 3 aromatic carbocycles. The third kappa shape index (κ3) is 4.89. The maximum Gasteiger partial charge on any atom is 0.203 e. The Labute approximate surface area is 202 Å². The average molecular weight is 514 g/mol. The van der Waals surface area contributed by atoms with Crippen molar-refractivity contribution in [3.63, 3.8) is 0 Å². The van der Waals surface area contributed by atoms with E-state index in [9.17, 15) is 5.11 Å². The summed E-state index contributed by atoms with van der Waals surface area (Å²) < 4.78 is 23.9. The lowest BCUT2D eigenvalue weighted by Crippen LogP contribution is -2.32. The third-order valence-corrected chi connectivity index (χ3v) is 6.62. The predicted octanol–water partition coefficient (Wildman–Crippen LogP) is 5.19. The fourth-order valence-corrected chi connectivity index (χ4v) is 4.78. The molecular weight excluding hydrogens is 486 g/mol. The van der Waals surface area contributed by atoms with Gasteiger partial charge in [0.25, 0.3) is 0 Å². The van der Waals surface area contributed by atoms with Crippen LogP contribution in [0.25, 0.3) is 0 Å². The molecule has 0 saturated carbocycles. The van der Waals surface area contributed by atoms with Crippen LogP contribution < -0.4 is 24.3 Å². The fraction of sp³-hybridized carbons (Fsp3) is 0.308. The summed E-state index contributed by atoms with van der Waals surface area (Å²) in [5, 5.41) is 13.9. The molecule has 174 valence electrons. The van der Waals surface area contributed by atoms with Gasteiger partial charge >= 0.3 is 0 Å². The molecule has 4 rings (SSSR count). The molecule has 0 radical (unpaired) electrons. The van der Waals surface area contributed by atoms with Crippen molar-refractivity contribution in [1.29, 1.82) is 0 Å². The first-order valence-corrected chi connectivity index (χ1v) is 11.6. The third-order valence-electron chi connectivity index (χ3n) is 5.88. The summed E-state index contributed by atoms with van der Waals surface area (Å²) in [6.07, 6.45) is 1.50. The number of phenols is 1. The van der Waals surface area contributed by atoms with Crippen LogP contribution in [0.2, 0.25) is 0 Å². The number of fused-ring (bicyclic) bond motifs is 1. The van der Waals surface area contributed by atoms with E-state index in [0.29, 0.717) is 36.0 Å². The molecular formula is C26H28BrNO5. The van der Waals surface area contributed by atoms with E-state index in [-0.39, 0.29) is 11.8 Å². The summed E-state index contributed by atoms with van der Waals surface area (Å²) in [5.74, 6) is 2.46. The van der Waals surface area contributed by atoms with Gasteiger partial charge < -0.3 is 29.4 Å². The Morgan fingerprint density at radius 1 is 0.970 bits per heavy atom. The summed E-state index contributed by atoms with van der Waals surface area (Å²) >= 11 is 3.61. The first-order chi connectivity index (χ1) is 16.0. The van der Waals surface area contributed by atoms with Gasteiger partial charge in [-0.1, -0.05) is 46.3 Å². The van der Waals surface area contributed by atoms with E-state index < -0.39 is 0 Å². The molecule has 0 fully saturated rings. The normalized spacial score (nSPS) is 15.0. The lowest BCUT2D eigenvalue weighted by molar-refractivity contribution is 0.272. The number of benzene rings is 3. The average Bonchev–Trinajstić information content (AvgIpc) is 2.84. The van der Waals surface area contributed by atoms with Crippen molar-refractivity contribution in [2.75, 3.05) is 27.9 Å². The molecule has 1 atom stereocenters. The number of halogens is 1. The number of hydrogen-bond acceptors (Lipinski definition) is 6. The number of hydrogen-bond donors (Lipinski definition) is 2. The van der Waals surface area contributed by atoms with Crippen LogP contribution in [0.3, 0.4) is 0 Å². The van der Waals surface area contributed by atoms with E-state index in [0.717, 1.165) is 39.7 Å². The highest BCUT2D eigenvalue weighted by Crippen LogP contribution is 2.47. The Morgan fingerprint density at radius 2 is 1.73 bits per heavy atom. The minimum absolute atomic E-state index is 0.0233. The monoisotopic (exact) mass is 513 g/mol. The first kappa shape index (κ1) is 23.3. The lowest BCUT2D eigenvalue weighted by atomic mass is 9.88. The van der Waals surface area contributed by atoms with Gasteiger partial charge in [-0.25, -0.2) is 0 Å². The van der Waals surface area contributed by atoms with Gasteiger partial charge in [0.15, 0.2) is 23.0 Å². The van der Waals surface area contributed by atoms with Gasteiger partial charge in [-0.3, -0.25) is 0 Å². The molecule has 0 bridgehead atoms. The molecule has 0 aliphatic carbocycles. The fourth-order valence-electron chi connectivity index (χ4n) is 4.29. The highest BCUT2D eigenvalue weighted by Gasteiger charge is 2.30. The van der Waals surface area contributed by atoms with Crippen molar-refractivity contribution in [3.8, 4) is 28.7 Å². The van der Waals surface area contributed by atoms with Crippen LogP contribution in [-0.2, 0) is 19.4 Å². The van der Waals surface area contributed by atoms with E-state index in [1.165, 1.54) is 7.11 Å². The van der Waals surface area contributed by atoms with Crippen molar-refractivity contribution >= 4 is 15.9 Å². The Hall–Kier alpha value is -2.90. The van der Waals surface area contributed by atoms with E-state index in [2.05, 4.69) is 27.3 Å². The van der Waals surface area contributed by atoms with Crippen molar-refractivity contribution in [3.05, 3.63) is 75.3 Å². The van der Waals surface area contributed by atoms with Crippen LogP contribution in [0.15, 0.2) is 53.0 Å². The molecule has 6 nitrogen and oxygen atoms in total. The molecule has 0 aromatic heterocycles. The van der Waals surface area contributed by atoms with E-state index in [1.807, 2.05) is 30.3 Å². The SMILES string of the molecule is COc1cc(Br)c(CC2NCCc3cc(OCc4ccccc4)c(OC)c(OC)c32)cc1O. The summed E-state index contributed by atoms with van der Waals surface area (Å²) in [4.78, 5) is 0. The Kier molecular flexibility index (Phi) is 7.30. The van der Waals surface area contributed by atoms with Gasteiger partial charge in [-0.05, 0) is 54.3 Å². The van der Waals surface area contributed by atoms with Crippen molar-refractivity contribution in [1.82, 2.24) is 5.32 Å². The zero-order valence-corrected chi connectivity index (χ0v) is 20.6. The molecule has 1 heterocycles. The molecule has 7 heteroatoms. The molecule has 0 spiro atoms. The van der Waals surface area contributed by atoms with Gasteiger partial charge in [0.2, 0.25) is 5.75 Å². The molecule has 1 aliphatic heterocycles. The zero-order chi connectivity index (χ0) is 23.4. The number of methoxy groups -OCH3 is 3. The number of nitrogens with one attached hydrogen (secondary N) is 1. The van der Waals surface area contributed by atoms with Gasteiger partial charge in [0.1, 0.15) is 6.61 Å². The molecule has 1 aliphatic rings. The number of phenolic OH excluding ortho intramolecular Hbond substituents is 1. The van der Waals surface area contributed by atoms with Gasteiger partial charge in [-0.15, -0.1) is 0 Å². The van der Waals surface area contributed by atoms with Gasteiger partial charge in [-0.2, -0.15) is 0 Å². The van der Waals surface area contributed by atoms with Crippen LogP contribution >= 0.6 is 15.9 Å². The highest BCUT2D eigenvalue weighted by molar-refractivity contribution is 9.10. The van der Waals surface area contributed by atoms with Crippen molar-refractivity contribution < 1.29 is 24.1 Å². The largest absolute Gasteiger partial charge is 0.504 e. The minimum Gasteiger partial charge on any atom is -0.504 e. The highest BCUT2D eigenvalue weighted by atomic mass is 79.9. The zero-order valence-electron chi connectivity index (χ0n) is 19.0. The maximum atomic E-state index is 10.3. The van der Waals surface area contributed by atoms with Crippen LogP contribution in [-0.4, -0.2) is 33.0 Å². The van der Waals surface area contributed by atoms with E-state index in [1.54, 1.807) is 26.4 Å². The quantitative estimate of drug-likeness (QED) is 0.432. The van der Waals surface area contributed by atoms with Gasteiger partial charge in [0.05, 0.1) is 21.3 Å². The first-order valence-electron chi connectivity index (χ1n) is 10.8. The van der Waals surface area contributed by atoms with Crippen molar-refractivity contribution in [2.45, 2.75) is 25.5 Å². The molecule has 2 N–H and O–H groups in total. The Morgan fingerprint density at radius 3 is 2.42 bits per heavy atom. The van der Waals surface area contributed by atoms with Gasteiger partial charge in [0, 0.05) is 16.1 Å². The van der Waals surface area contributed by atoms with Crippen LogP contribution in [0.1, 0.15) is 28.3 Å². The second kappa shape index (κ2) is 10.4. The molecule has 0 amide bonds. The lowest BCUT2D eigenvalue weighted by Gasteiger charge is -2.31. The predicted molar refractivity (Wildman–Crippen MR) is 131 cm³/mol. The summed E-state index contributed by atoms with van der Waals surface area (Å²) in [7, 11) is 4.82. The number of rotatable bonds is 8. The summed E-state index contributed by atoms with van der Waals surface area (Å²) in [6.45, 7) is 1.27. The topological polar surface area (TPSA) is 69.2 Å². The molecule has 3 aromatic rings. The summed E-state index contributed by atoms with van der Waals surface area (Å²) in [5.41, 5.74) is 4.26. The van der Waals surface area contributed by atoms with Crippen LogP contribution in [0, 0.1) is 0 Å². The second-order valence-electron chi connectivity index (χ2n) is 7.86. The molecule has 33 heavy (non-hydrogen) atoms. The standard InChI is InChI=1S/C26H28BrNO5/c1-30-22-14-19(27)18(12-21(22)29)11-20-24-17(9-10-28-20)13-23(25(31-2)26(24)32-3)33-15-16-7-5-4-6-8-16/h4-8,12-14,20,28-29H,9-11,15H2,1-3H3. The molecule has 1 unspecified atom stereocenters. The number of aromatic hydroxyl groups is 1.